The van der Waals surface area contributed by atoms with E-state index in [2.05, 4.69) is 16.8 Å². The number of carbonyl (C=O) groups excluding carboxylic acids is 2. The molecule has 0 bridgehead atoms. The van der Waals surface area contributed by atoms with Crippen molar-refractivity contribution in [2.24, 2.45) is 0 Å². The summed E-state index contributed by atoms with van der Waals surface area (Å²) in [5, 5.41) is 3.53. The lowest BCUT2D eigenvalue weighted by atomic mass is 10.2. The van der Waals surface area contributed by atoms with Gasteiger partial charge in [-0.2, -0.15) is 0 Å². The lowest BCUT2D eigenvalue weighted by Crippen LogP contribution is -2.37. The van der Waals surface area contributed by atoms with E-state index in [0.717, 1.165) is 17.9 Å². The number of carbonyl (C=O) groups is 2. The van der Waals surface area contributed by atoms with E-state index in [-0.39, 0.29) is 24.3 Å². The van der Waals surface area contributed by atoms with Gasteiger partial charge < -0.3 is 14.8 Å². The van der Waals surface area contributed by atoms with Crippen LogP contribution in [-0.4, -0.2) is 29.0 Å². The molecule has 1 aliphatic heterocycles. The van der Waals surface area contributed by atoms with Crippen molar-refractivity contribution in [2.45, 2.75) is 39.8 Å². The van der Waals surface area contributed by atoms with Gasteiger partial charge in [0.25, 0.3) is 5.91 Å². The van der Waals surface area contributed by atoms with Crippen molar-refractivity contribution < 1.29 is 9.59 Å². The monoisotopic (exact) mass is 359 g/mol. The van der Waals surface area contributed by atoms with Gasteiger partial charge in [0, 0.05) is 30.9 Å². The van der Waals surface area contributed by atoms with E-state index in [0.29, 0.717) is 22.8 Å². The van der Waals surface area contributed by atoms with Crippen LogP contribution in [0.3, 0.4) is 0 Å². The van der Waals surface area contributed by atoms with Crippen molar-refractivity contribution >= 4 is 29.1 Å². The minimum Gasteiger partial charge on any atom is -0.349 e. The maximum Gasteiger partial charge on any atom is 0.253 e. The van der Waals surface area contributed by atoms with Gasteiger partial charge in [0.15, 0.2) is 0 Å². The fourth-order valence-corrected chi connectivity index (χ4v) is 3.73. The van der Waals surface area contributed by atoms with Crippen LogP contribution in [0, 0.1) is 13.8 Å². The van der Waals surface area contributed by atoms with Gasteiger partial charge in [-0.25, -0.2) is 0 Å². The summed E-state index contributed by atoms with van der Waals surface area (Å²) in [6.07, 6.45) is 0.281. The Morgan fingerprint density at radius 3 is 2.68 bits per heavy atom. The highest BCUT2D eigenvalue weighted by Gasteiger charge is 2.33. The SMILES string of the molecule is CCn1c(C)cc(C(=O)N[C@H]2CC(=O)N(c3ccccc3Cl)C2)c1C. The molecule has 1 saturated heterocycles. The Kier molecular flexibility index (Phi) is 4.86. The van der Waals surface area contributed by atoms with E-state index < -0.39 is 0 Å². The average molecular weight is 360 g/mol. The molecule has 1 aromatic heterocycles. The number of rotatable bonds is 4. The number of anilines is 1. The Labute approximate surface area is 152 Å². The van der Waals surface area contributed by atoms with Gasteiger partial charge in [-0.1, -0.05) is 23.7 Å². The molecule has 5 nitrogen and oxygen atoms in total. The van der Waals surface area contributed by atoms with Crippen molar-refractivity contribution in [1.82, 2.24) is 9.88 Å². The summed E-state index contributed by atoms with van der Waals surface area (Å²) in [6.45, 7) is 7.25. The third-order valence-corrected chi connectivity index (χ3v) is 5.06. The van der Waals surface area contributed by atoms with Crippen LogP contribution in [0.5, 0.6) is 0 Å². The van der Waals surface area contributed by atoms with Gasteiger partial charge in [-0.05, 0) is 39.0 Å². The smallest absolute Gasteiger partial charge is 0.253 e. The van der Waals surface area contributed by atoms with Crippen molar-refractivity contribution in [1.29, 1.82) is 0 Å². The molecular formula is C19H22ClN3O2. The normalized spacial score (nSPS) is 17.2. The van der Waals surface area contributed by atoms with Crippen LogP contribution in [0.2, 0.25) is 5.02 Å². The fraction of sp³-hybridized carbons (Fsp3) is 0.368. The van der Waals surface area contributed by atoms with Gasteiger partial charge in [0.05, 0.1) is 22.3 Å². The summed E-state index contributed by atoms with van der Waals surface area (Å²) in [5.41, 5.74) is 3.37. The van der Waals surface area contributed by atoms with E-state index in [1.807, 2.05) is 38.1 Å². The lowest BCUT2D eigenvalue weighted by Gasteiger charge is -2.18. The molecule has 1 aliphatic rings. The van der Waals surface area contributed by atoms with E-state index in [1.54, 1.807) is 11.0 Å². The summed E-state index contributed by atoms with van der Waals surface area (Å²) >= 11 is 6.19. The molecule has 0 saturated carbocycles. The van der Waals surface area contributed by atoms with Crippen LogP contribution >= 0.6 is 11.6 Å². The molecule has 1 aromatic carbocycles. The van der Waals surface area contributed by atoms with E-state index in [9.17, 15) is 9.59 Å². The zero-order valence-electron chi connectivity index (χ0n) is 14.7. The maximum atomic E-state index is 12.6. The second kappa shape index (κ2) is 6.92. The molecule has 0 spiro atoms. The standard InChI is InChI=1S/C19H22ClN3O2/c1-4-22-12(2)9-15(13(22)3)19(25)21-14-10-18(24)23(11-14)17-8-6-5-7-16(17)20/h5-9,14H,4,10-11H2,1-3H3,(H,21,25)/t14-/m0/s1. The van der Waals surface area contributed by atoms with Crippen molar-refractivity contribution in [3.63, 3.8) is 0 Å². The van der Waals surface area contributed by atoms with Crippen molar-refractivity contribution in [2.75, 3.05) is 11.4 Å². The van der Waals surface area contributed by atoms with Crippen LogP contribution < -0.4 is 10.2 Å². The first-order chi connectivity index (χ1) is 11.9. The second-order valence-corrected chi connectivity index (χ2v) is 6.77. The quantitative estimate of drug-likeness (QED) is 0.910. The predicted molar refractivity (Wildman–Crippen MR) is 99.3 cm³/mol. The second-order valence-electron chi connectivity index (χ2n) is 6.36. The molecule has 1 N–H and O–H groups in total. The summed E-state index contributed by atoms with van der Waals surface area (Å²) in [4.78, 5) is 26.6. The Morgan fingerprint density at radius 2 is 2.04 bits per heavy atom. The number of para-hydroxylation sites is 1. The van der Waals surface area contributed by atoms with E-state index in [1.165, 1.54) is 0 Å². The number of nitrogens with one attached hydrogen (secondary N) is 1. The maximum absolute atomic E-state index is 12.6. The van der Waals surface area contributed by atoms with Crippen LogP contribution in [0.25, 0.3) is 0 Å². The topological polar surface area (TPSA) is 54.3 Å². The molecule has 1 atom stereocenters. The van der Waals surface area contributed by atoms with Crippen LogP contribution in [-0.2, 0) is 11.3 Å². The average Bonchev–Trinajstić information content (AvgIpc) is 3.07. The lowest BCUT2D eigenvalue weighted by molar-refractivity contribution is -0.117. The zero-order chi connectivity index (χ0) is 18.1. The summed E-state index contributed by atoms with van der Waals surface area (Å²) in [7, 11) is 0. The van der Waals surface area contributed by atoms with E-state index >= 15 is 0 Å². The first kappa shape index (κ1) is 17.5. The Morgan fingerprint density at radius 1 is 1.32 bits per heavy atom. The molecule has 2 aromatic rings. The molecule has 0 radical (unpaired) electrons. The molecule has 132 valence electrons. The minimum absolute atomic E-state index is 0.0302. The highest BCUT2D eigenvalue weighted by atomic mass is 35.5. The third-order valence-electron chi connectivity index (χ3n) is 4.74. The number of nitrogens with zero attached hydrogens (tertiary/aromatic N) is 2. The Balaban J connectivity index is 1.74. The molecular weight excluding hydrogens is 338 g/mol. The molecule has 25 heavy (non-hydrogen) atoms. The number of hydrogen-bond donors (Lipinski definition) is 1. The van der Waals surface area contributed by atoms with Gasteiger partial charge in [-0.15, -0.1) is 0 Å². The number of aromatic nitrogens is 1. The van der Waals surface area contributed by atoms with Gasteiger partial charge >= 0.3 is 0 Å². The number of aryl methyl sites for hydroxylation is 1. The highest BCUT2D eigenvalue weighted by molar-refractivity contribution is 6.33. The van der Waals surface area contributed by atoms with Crippen LogP contribution in [0.15, 0.2) is 30.3 Å². The molecule has 2 heterocycles. The van der Waals surface area contributed by atoms with Gasteiger partial charge in [-0.3, -0.25) is 9.59 Å². The highest BCUT2D eigenvalue weighted by Crippen LogP contribution is 2.29. The molecule has 0 unspecified atom stereocenters. The van der Waals surface area contributed by atoms with Gasteiger partial charge in [0.1, 0.15) is 0 Å². The first-order valence-electron chi connectivity index (χ1n) is 8.44. The number of amides is 2. The molecule has 1 fully saturated rings. The van der Waals surface area contributed by atoms with Crippen molar-refractivity contribution in [3.8, 4) is 0 Å². The van der Waals surface area contributed by atoms with E-state index in [4.69, 9.17) is 11.6 Å². The minimum atomic E-state index is -0.221. The number of benzene rings is 1. The van der Waals surface area contributed by atoms with Crippen LogP contribution in [0.1, 0.15) is 35.1 Å². The summed E-state index contributed by atoms with van der Waals surface area (Å²) in [5.74, 6) is -0.163. The third kappa shape index (κ3) is 3.29. The first-order valence-corrected chi connectivity index (χ1v) is 8.82. The number of hydrogen-bond acceptors (Lipinski definition) is 2. The molecule has 2 amide bonds. The Hall–Kier alpha value is -2.27. The zero-order valence-corrected chi connectivity index (χ0v) is 15.4. The largest absolute Gasteiger partial charge is 0.349 e. The summed E-state index contributed by atoms with van der Waals surface area (Å²) in [6, 6.07) is 8.93. The van der Waals surface area contributed by atoms with Crippen LogP contribution in [0.4, 0.5) is 5.69 Å². The predicted octanol–water partition coefficient (Wildman–Crippen LogP) is 3.31. The summed E-state index contributed by atoms with van der Waals surface area (Å²) < 4.78 is 2.10. The molecule has 0 aliphatic carbocycles. The Bertz CT molecular complexity index is 828. The molecule has 3 rings (SSSR count). The van der Waals surface area contributed by atoms with Crippen molar-refractivity contribution in [3.05, 3.63) is 52.3 Å². The molecule has 6 heteroatoms. The fourth-order valence-electron chi connectivity index (χ4n) is 3.49. The number of halogens is 1. The van der Waals surface area contributed by atoms with Gasteiger partial charge in [0.2, 0.25) is 5.91 Å².